The molecule has 196 valence electrons. The van der Waals surface area contributed by atoms with Crippen LogP contribution in [0.4, 0.5) is 23.0 Å². The lowest BCUT2D eigenvalue weighted by atomic mass is 10.0. The van der Waals surface area contributed by atoms with Crippen LogP contribution >= 0.6 is 0 Å². The van der Waals surface area contributed by atoms with Gasteiger partial charge in [0, 0.05) is 65.0 Å². The van der Waals surface area contributed by atoms with Crippen LogP contribution in [-0.2, 0) is 9.59 Å². The molecular weight excluding hydrogens is 472 g/mol. The van der Waals surface area contributed by atoms with Crippen molar-refractivity contribution in [3.63, 3.8) is 0 Å². The molecule has 11 heteroatoms. The van der Waals surface area contributed by atoms with Gasteiger partial charge in [-0.25, -0.2) is 9.97 Å². The number of carbonyl (C=O) groups is 2. The number of fused-ring (bicyclic) bond motifs is 2. The molecular formula is C26H34N8O3. The highest BCUT2D eigenvalue weighted by Gasteiger charge is 2.34. The molecule has 0 aliphatic carbocycles. The third-order valence-electron chi connectivity index (χ3n) is 7.09. The van der Waals surface area contributed by atoms with Crippen LogP contribution in [0.25, 0.3) is 0 Å². The molecule has 0 radical (unpaired) electrons. The molecule has 2 N–H and O–H groups in total. The Bertz CT molecular complexity index is 1180. The molecule has 2 aromatic rings. The Labute approximate surface area is 216 Å². The number of amides is 2. The van der Waals surface area contributed by atoms with Crippen LogP contribution in [0.2, 0.25) is 0 Å². The number of anilines is 3. The van der Waals surface area contributed by atoms with Crippen molar-refractivity contribution in [3.8, 4) is 5.75 Å². The molecule has 37 heavy (non-hydrogen) atoms. The summed E-state index contributed by atoms with van der Waals surface area (Å²) in [6, 6.07) is 5.93. The fraction of sp³-hybridized carbons (Fsp3) is 0.500. The Morgan fingerprint density at radius 3 is 2.65 bits per heavy atom. The van der Waals surface area contributed by atoms with Gasteiger partial charge in [-0.1, -0.05) is 0 Å². The van der Waals surface area contributed by atoms with Crippen LogP contribution in [-0.4, -0.2) is 97.8 Å². The summed E-state index contributed by atoms with van der Waals surface area (Å²) in [4.78, 5) is 45.0. The second-order valence-corrected chi connectivity index (χ2v) is 9.72. The molecule has 1 atom stereocenters. The van der Waals surface area contributed by atoms with E-state index in [0.29, 0.717) is 49.0 Å². The first-order chi connectivity index (χ1) is 18.0. The number of carbonyl (C=O) groups excluding carboxylic acids is 2. The third kappa shape index (κ3) is 5.66. The van der Waals surface area contributed by atoms with Gasteiger partial charge in [0.25, 0.3) is 0 Å². The molecule has 1 aromatic heterocycles. The first-order valence-corrected chi connectivity index (χ1v) is 12.9. The zero-order valence-corrected chi connectivity index (χ0v) is 21.4. The standard InChI is InChI=1S/C26H34N8O3/c1-32-10-12-34(13-11-32)20-7-6-18-15-21(20)37-14-4-3-5-22(35)33(2)9-8-27-24-23-19(16-28-18)26(36)31-25(23)30-17-29-24/h6-7,15-17,19H,3-5,8-14H2,1-2H3,(H2,27,29,30,31,36). The molecule has 1 aromatic carbocycles. The zero-order chi connectivity index (χ0) is 25.8. The molecule has 5 rings (SSSR count). The van der Waals surface area contributed by atoms with Crippen LogP contribution in [0.15, 0.2) is 29.5 Å². The van der Waals surface area contributed by atoms with Crippen molar-refractivity contribution in [2.45, 2.75) is 25.2 Å². The highest BCUT2D eigenvalue weighted by Crippen LogP contribution is 2.36. The van der Waals surface area contributed by atoms with Crippen molar-refractivity contribution in [2.75, 3.05) is 75.5 Å². The summed E-state index contributed by atoms with van der Waals surface area (Å²) >= 11 is 0. The summed E-state index contributed by atoms with van der Waals surface area (Å²) in [5, 5.41) is 6.10. The summed E-state index contributed by atoms with van der Waals surface area (Å²) in [6.45, 7) is 5.37. The molecule has 0 spiro atoms. The first kappa shape index (κ1) is 24.9. The summed E-state index contributed by atoms with van der Waals surface area (Å²) < 4.78 is 6.24. The lowest BCUT2D eigenvalue weighted by Gasteiger charge is -2.35. The number of nitrogens with zero attached hydrogens (tertiary/aromatic N) is 6. The number of piperazine rings is 1. The Balaban J connectivity index is 1.46. The molecule has 11 nitrogen and oxygen atoms in total. The van der Waals surface area contributed by atoms with E-state index in [4.69, 9.17) is 4.74 Å². The Kier molecular flexibility index (Phi) is 7.50. The maximum atomic E-state index is 12.8. The van der Waals surface area contributed by atoms with Crippen molar-refractivity contribution < 1.29 is 14.3 Å². The lowest BCUT2D eigenvalue weighted by molar-refractivity contribution is -0.129. The number of nitrogens with one attached hydrogen (secondary N) is 2. The molecule has 0 saturated carbocycles. The SMILES string of the molecule is CN1CCN(c2ccc3cc2OCCCCC(=O)N(C)CCNc2ncnc4c2C(C=N3)C(=O)N4)CC1. The number of aliphatic imine (C=N–C) groups is 1. The number of hydrogen-bond acceptors (Lipinski definition) is 9. The van der Waals surface area contributed by atoms with Gasteiger partial charge in [0.2, 0.25) is 11.8 Å². The first-order valence-electron chi connectivity index (χ1n) is 12.9. The predicted molar refractivity (Wildman–Crippen MR) is 143 cm³/mol. The smallest absolute Gasteiger partial charge is 0.238 e. The van der Waals surface area contributed by atoms with Gasteiger partial charge in [0.1, 0.15) is 29.6 Å². The van der Waals surface area contributed by atoms with Crippen LogP contribution in [0.1, 0.15) is 30.7 Å². The van der Waals surface area contributed by atoms with Crippen LogP contribution in [0, 0.1) is 0 Å². The monoisotopic (exact) mass is 506 g/mol. The second-order valence-electron chi connectivity index (χ2n) is 9.72. The normalized spacial score (nSPS) is 21.4. The largest absolute Gasteiger partial charge is 0.491 e. The van der Waals surface area contributed by atoms with Crippen molar-refractivity contribution in [1.29, 1.82) is 0 Å². The van der Waals surface area contributed by atoms with Gasteiger partial charge in [-0.2, -0.15) is 0 Å². The Hall–Kier alpha value is -3.73. The van der Waals surface area contributed by atoms with Crippen LogP contribution in [0.5, 0.6) is 5.75 Å². The number of aromatic nitrogens is 2. The van der Waals surface area contributed by atoms with E-state index >= 15 is 0 Å². The minimum atomic E-state index is -0.626. The topological polar surface area (TPSA) is 115 Å². The highest BCUT2D eigenvalue weighted by atomic mass is 16.5. The van der Waals surface area contributed by atoms with Crippen molar-refractivity contribution in [1.82, 2.24) is 19.8 Å². The second kappa shape index (κ2) is 11.1. The minimum absolute atomic E-state index is 0.0952. The molecule has 1 saturated heterocycles. The van der Waals surface area contributed by atoms with Crippen molar-refractivity contribution >= 4 is 41.0 Å². The number of ether oxygens (including phenoxy) is 1. The minimum Gasteiger partial charge on any atom is -0.491 e. The van der Waals surface area contributed by atoms with Gasteiger partial charge in [0.15, 0.2) is 0 Å². The van der Waals surface area contributed by atoms with Crippen molar-refractivity contribution in [3.05, 3.63) is 30.1 Å². The fourth-order valence-electron chi connectivity index (χ4n) is 4.78. The van der Waals surface area contributed by atoms with E-state index in [9.17, 15) is 9.59 Å². The zero-order valence-electron chi connectivity index (χ0n) is 21.4. The van der Waals surface area contributed by atoms with Gasteiger partial charge in [-0.3, -0.25) is 14.6 Å². The molecule has 1 fully saturated rings. The molecule has 3 aliphatic heterocycles. The van der Waals surface area contributed by atoms with Crippen LogP contribution < -0.4 is 20.3 Å². The average molecular weight is 507 g/mol. The third-order valence-corrected chi connectivity index (χ3v) is 7.09. The predicted octanol–water partition coefficient (Wildman–Crippen LogP) is 2.10. The van der Waals surface area contributed by atoms with Crippen molar-refractivity contribution in [2.24, 2.45) is 4.99 Å². The maximum absolute atomic E-state index is 12.8. The van der Waals surface area contributed by atoms with E-state index in [1.54, 1.807) is 18.2 Å². The summed E-state index contributed by atoms with van der Waals surface area (Å²) in [7, 11) is 3.94. The summed E-state index contributed by atoms with van der Waals surface area (Å²) in [6.07, 6.45) is 5.07. The molecule has 2 amide bonds. The number of rotatable bonds is 1. The van der Waals surface area contributed by atoms with Gasteiger partial charge >= 0.3 is 0 Å². The Morgan fingerprint density at radius 2 is 1.81 bits per heavy atom. The van der Waals surface area contributed by atoms with E-state index in [1.807, 2.05) is 18.2 Å². The average Bonchev–Trinajstić information content (AvgIpc) is 3.22. The van der Waals surface area contributed by atoms with E-state index < -0.39 is 5.92 Å². The van der Waals surface area contributed by atoms with E-state index in [1.165, 1.54) is 6.33 Å². The van der Waals surface area contributed by atoms with E-state index in [2.05, 4.69) is 42.4 Å². The van der Waals surface area contributed by atoms with Gasteiger partial charge in [-0.15, -0.1) is 0 Å². The quantitative estimate of drug-likeness (QED) is 0.604. The van der Waals surface area contributed by atoms with Gasteiger partial charge in [0.05, 0.1) is 23.5 Å². The van der Waals surface area contributed by atoms with Crippen LogP contribution in [0.3, 0.4) is 0 Å². The fourth-order valence-corrected chi connectivity index (χ4v) is 4.78. The summed E-state index contributed by atoms with van der Waals surface area (Å²) in [5.74, 6) is 1.08. The summed E-state index contributed by atoms with van der Waals surface area (Å²) in [5.41, 5.74) is 2.41. The van der Waals surface area contributed by atoms with E-state index in [0.717, 1.165) is 50.5 Å². The number of benzene rings is 1. The van der Waals surface area contributed by atoms with Gasteiger partial charge < -0.3 is 30.1 Å². The van der Waals surface area contributed by atoms with E-state index in [-0.39, 0.29) is 11.8 Å². The Morgan fingerprint density at radius 1 is 1.00 bits per heavy atom. The molecule has 1 unspecified atom stereocenters. The molecule has 3 aliphatic rings. The highest BCUT2D eigenvalue weighted by molar-refractivity contribution is 6.13. The van der Waals surface area contributed by atoms with Gasteiger partial charge in [-0.05, 0) is 32.0 Å². The maximum Gasteiger partial charge on any atom is 0.238 e. The molecule has 2 bridgehead atoms. The number of hydrogen-bond donors (Lipinski definition) is 2. The molecule has 4 heterocycles. The lowest BCUT2D eigenvalue weighted by Crippen LogP contribution is -2.44. The number of likely N-dealkylation sites (N-methyl/N-ethyl adjacent to an activating group) is 2.